The number of nitrogens with one attached hydrogen (secondary N) is 1. The van der Waals surface area contributed by atoms with E-state index in [2.05, 4.69) is 18.0 Å². The van der Waals surface area contributed by atoms with Crippen molar-refractivity contribution in [1.29, 1.82) is 0 Å². The molecule has 0 bridgehead atoms. The van der Waals surface area contributed by atoms with Crippen molar-refractivity contribution in [2.45, 2.75) is 20.0 Å². The van der Waals surface area contributed by atoms with Crippen LogP contribution in [0.4, 0.5) is 0 Å². The number of ether oxygens (including phenoxy) is 1. The fraction of sp³-hybridized carbons (Fsp3) is 0.222. The molecule has 0 heterocycles. The van der Waals surface area contributed by atoms with Crippen LogP contribution in [0.1, 0.15) is 18.1 Å². The topological polar surface area (TPSA) is 21.3 Å². The van der Waals surface area contributed by atoms with Crippen molar-refractivity contribution in [3.8, 4) is 5.75 Å². The van der Waals surface area contributed by atoms with E-state index in [0.29, 0.717) is 6.61 Å². The van der Waals surface area contributed by atoms with Gasteiger partial charge in [0.2, 0.25) is 0 Å². The predicted octanol–water partition coefficient (Wildman–Crippen LogP) is 4.58. The van der Waals surface area contributed by atoms with Gasteiger partial charge in [-0.1, -0.05) is 54.6 Å². The Labute approximate surface area is 131 Å². The van der Waals surface area contributed by atoms with E-state index in [9.17, 15) is 0 Å². The lowest BCUT2D eigenvalue weighted by molar-refractivity contribution is 0.347. The van der Waals surface area contributed by atoms with Crippen LogP contribution in [0.5, 0.6) is 5.75 Å². The first kappa shape index (κ1) is 15.6. The SMILES string of the molecule is C=C(C)COc1ccccc1CNCc1ccccc1Cl. The highest BCUT2D eigenvalue weighted by molar-refractivity contribution is 6.31. The molecule has 0 amide bonds. The summed E-state index contributed by atoms with van der Waals surface area (Å²) in [6.07, 6.45) is 0. The third-order valence-electron chi connectivity index (χ3n) is 3.04. The number of benzene rings is 2. The molecule has 0 saturated carbocycles. The molecule has 0 unspecified atom stereocenters. The van der Waals surface area contributed by atoms with Gasteiger partial charge < -0.3 is 10.1 Å². The van der Waals surface area contributed by atoms with Crippen LogP contribution < -0.4 is 10.1 Å². The number of hydrogen-bond donors (Lipinski definition) is 1. The van der Waals surface area contributed by atoms with E-state index in [1.807, 2.05) is 49.4 Å². The van der Waals surface area contributed by atoms with E-state index >= 15 is 0 Å². The van der Waals surface area contributed by atoms with Crippen molar-refractivity contribution in [3.05, 3.63) is 76.8 Å². The Balaban J connectivity index is 1.94. The van der Waals surface area contributed by atoms with Crippen molar-refractivity contribution in [2.75, 3.05) is 6.61 Å². The van der Waals surface area contributed by atoms with Gasteiger partial charge in [0.05, 0.1) is 0 Å². The molecule has 0 radical (unpaired) electrons. The van der Waals surface area contributed by atoms with Crippen LogP contribution in [0, 0.1) is 0 Å². The van der Waals surface area contributed by atoms with E-state index in [4.69, 9.17) is 16.3 Å². The Kier molecular flexibility index (Phi) is 5.85. The molecule has 1 N–H and O–H groups in total. The molecule has 0 aromatic heterocycles. The molecule has 21 heavy (non-hydrogen) atoms. The first-order chi connectivity index (χ1) is 10.2. The normalized spacial score (nSPS) is 10.4. The van der Waals surface area contributed by atoms with Crippen molar-refractivity contribution in [1.82, 2.24) is 5.32 Å². The van der Waals surface area contributed by atoms with E-state index < -0.39 is 0 Å². The summed E-state index contributed by atoms with van der Waals surface area (Å²) in [5.74, 6) is 0.896. The van der Waals surface area contributed by atoms with E-state index in [-0.39, 0.29) is 0 Å². The molecule has 2 nitrogen and oxygen atoms in total. The van der Waals surface area contributed by atoms with Crippen LogP contribution in [-0.4, -0.2) is 6.61 Å². The molecular weight excluding hydrogens is 282 g/mol. The summed E-state index contributed by atoms with van der Waals surface area (Å²) in [6.45, 7) is 7.82. The smallest absolute Gasteiger partial charge is 0.124 e. The van der Waals surface area contributed by atoms with Gasteiger partial charge in [0.15, 0.2) is 0 Å². The zero-order valence-electron chi connectivity index (χ0n) is 12.2. The van der Waals surface area contributed by atoms with Gasteiger partial charge in [-0.3, -0.25) is 0 Å². The Hall–Kier alpha value is -1.77. The maximum Gasteiger partial charge on any atom is 0.124 e. The fourth-order valence-corrected chi connectivity index (χ4v) is 2.17. The first-order valence-electron chi connectivity index (χ1n) is 6.96. The lowest BCUT2D eigenvalue weighted by Crippen LogP contribution is -2.14. The largest absolute Gasteiger partial charge is 0.489 e. The molecule has 0 aliphatic heterocycles. The van der Waals surface area contributed by atoms with Crippen LogP contribution in [0.3, 0.4) is 0 Å². The van der Waals surface area contributed by atoms with Crippen molar-refractivity contribution in [3.63, 3.8) is 0 Å². The Morgan fingerprint density at radius 3 is 2.38 bits per heavy atom. The summed E-state index contributed by atoms with van der Waals surface area (Å²) in [6, 6.07) is 15.9. The van der Waals surface area contributed by atoms with Crippen LogP contribution in [0.15, 0.2) is 60.7 Å². The zero-order chi connectivity index (χ0) is 15.1. The molecule has 0 atom stereocenters. The molecule has 2 rings (SSSR count). The average Bonchev–Trinajstić information content (AvgIpc) is 2.48. The number of halogens is 1. The maximum absolute atomic E-state index is 6.15. The Morgan fingerprint density at radius 2 is 1.67 bits per heavy atom. The average molecular weight is 302 g/mol. The third kappa shape index (κ3) is 4.92. The minimum atomic E-state index is 0.543. The molecule has 0 fully saturated rings. The van der Waals surface area contributed by atoms with Gasteiger partial charge in [-0.2, -0.15) is 0 Å². The summed E-state index contributed by atoms with van der Waals surface area (Å²) in [5, 5.41) is 4.19. The number of para-hydroxylation sites is 1. The molecule has 0 aliphatic carbocycles. The summed E-state index contributed by atoms with van der Waals surface area (Å²) in [7, 11) is 0. The maximum atomic E-state index is 6.15. The quantitative estimate of drug-likeness (QED) is 0.756. The highest BCUT2D eigenvalue weighted by atomic mass is 35.5. The summed E-state index contributed by atoms with van der Waals surface area (Å²) in [4.78, 5) is 0. The second kappa shape index (κ2) is 7.87. The van der Waals surface area contributed by atoms with Crippen molar-refractivity contribution in [2.24, 2.45) is 0 Å². The molecule has 2 aromatic rings. The van der Waals surface area contributed by atoms with Gasteiger partial charge in [0.25, 0.3) is 0 Å². The van der Waals surface area contributed by atoms with Gasteiger partial charge >= 0.3 is 0 Å². The molecule has 0 saturated heterocycles. The third-order valence-corrected chi connectivity index (χ3v) is 3.40. The van der Waals surface area contributed by atoms with Gasteiger partial charge in [-0.15, -0.1) is 0 Å². The highest BCUT2D eigenvalue weighted by Gasteiger charge is 2.04. The van der Waals surface area contributed by atoms with E-state index in [1.54, 1.807) is 0 Å². The standard InChI is InChI=1S/C18H20ClNO/c1-14(2)13-21-18-10-6-4-8-16(18)12-20-11-15-7-3-5-9-17(15)19/h3-10,20H,1,11-13H2,2H3. The summed E-state index contributed by atoms with van der Waals surface area (Å²) in [5.41, 5.74) is 3.24. The molecule has 3 heteroatoms. The lowest BCUT2D eigenvalue weighted by atomic mass is 10.2. The Bertz CT molecular complexity index is 610. The Morgan fingerprint density at radius 1 is 1.05 bits per heavy atom. The minimum absolute atomic E-state index is 0.543. The molecule has 0 aliphatic rings. The zero-order valence-corrected chi connectivity index (χ0v) is 13.0. The second-order valence-corrected chi connectivity index (χ2v) is 5.46. The summed E-state index contributed by atoms with van der Waals surface area (Å²) < 4.78 is 5.76. The molecule has 0 spiro atoms. The van der Waals surface area contributed by atoms with Crippen molar-refractivity contribution >= 4 is 11.6 Å². The van der Waals surface area contributed by atoms with Crippen LogP contribution in [0.25, 0.3) is 0 Å². The van der Waals surface area contributed by atoms with Gasteiger partial charge in [-0.05, 0) is 30.2 Å². The van der Waals surface area contributed by atoms with Crippen LogP contribution >= 0.6 is 11.6 Å². The monoisotopic (exact) mass is 301 g/mol. The second-order valence-electron chi connectivity index (χ2n) is 5.05. The molecule has 110 valence electrons. The van der Waals surface area contributed by atoms with E-state index in [1.165, 1.54) is 0 Å². The van der Waals surface area contributed by atoms with Crippen LogP contribution in [0.2, 0.25) is 5.02 Å². The lowest BCUT2D eigenvalue weighted by Gasteiger charge is -2.12. The fourth-order valence-electron chi connectivity index (χ4n) is 1.97. The van der Waals surface area contributed by atoms with Crippen LogP contribution in [-0.2, 0) is 13.1 Å². The number of rotatable bonds is 7. The number of hydrogen-bond acceptors (Lipinski definition) is 2. The first-order valence-corrected chi connectivity index (χ1v) is 7.34. The minimum Gasteiger partial charge on any atom is -0.489 e. The summed E-state index contributed by atoms with van der Waals surface area (Å²) >= 11 is 6.15. The predicted molar refractivity (Wildman–Crippen MR) is 88.7 cm³/mol. The molecule has 2 aromatic carbocycles. The van der Waals surface area contributed by atoms with Gasteiger partial charge in [-0.25, -0.2) is 0 Å². The highest BCUT2D eigenvalue weighted by Crippen LogP contribution is 2.19. The molecular formula is C18H20ClNO. The van der Waals surface area contributed by atoms with E-state index in [0.717, 1.165) is 40.6 Å². The van der Waals surface area contributed by atoms with Gasteiger partial charge in [0, 0.05) is 23.7 Å². The van der Waals surface area contributed by atoms with Gasteiger partial charge in [0.1, 0.15) is 12.4 Å². The van der Waals surface area contributed by atoms with Crippen molar-refractivity contribution < 1.29 is 4.74 Å².